The third-order valence-corrected chi connectivity index (χ3v) is 8.51. The Bertz CT molecular complexity index is 1160. The molecule has 3 nitrogen and oxygen atoms in total. The van der Waals surface area contributed by atoms with E-state index in [1.165, 1.54) is 61.6 Å². The molecule has 2 aromatic carbocycles. The highest BCUT2D eigenvalue weighted by Crippen LogP contribution is 2.33. The fraction of sp³-hybridized carbons (Fsp3) is 0.543. The lowest BCUT2D eigenvalue weighted by atomic mass is 9.78. The van der Waals surface area contributed by atoms with Crippen molar-refractivity contribution in [2.24, 2.45) is 17.3 Å². The Morgan fingerprint density at radius 2 is 1.76 bits per heavy atom. The van der Waals surface area contributed by atoms with Crippen molar-refractivity contribution in [1.29, 1.82) is 0 Å². The number of aryl methyl sites for hydroxylation is 2. The fourth-order valence-electron chi connectivity index (χ4n) is 6.19. The summed E-state index contributed by atoms with van der Waals surface area (Å²) in [6, 6.07) is 12.5. The molecule has 0 saturated carbocycles. The first-order valence-electron chi connectivity index (χ1n) is 15.0. The molecule has 1 unspecified atom stereocenters. The monoisotopic (exact) mass is 513 g/mol. The van der Waals surface area contributed by atoms with Gasteiger partial charge in [-0.15, -0.1) is 0 Å². The summed E-state index contributed by atoms with van der Waals surface area (Å²) in [5.74, 6) is 1.18. The Morgan fingerprint density at radius 1 is 0.947 bits per heavy atom. The van der Waals surface area contributed by atoms with E-state index in [2.05, 4.69) is 49.5 Å². The molecule has 0 radical (unpaired) electrons. The molecule has 0 heterocycles. The minimum atomic E-state index is 0.0571. The van der Waals surface area contributed by atoms with Gasteiger partial charge in [0.15, 0.2) is 5.78 Å². The van der Waals surface area contributed by atoms with E-state index in [9.17, 15) is 9.59 Å². The number of carbonyl (C=O) groups excluding carboxylic acids is 2. The summed E-state index contributed by atoms with van der Waals surface area (Å²) in [4.78, 5) is 25.2. The Morgan fingerprint density at radius 3 is 2.58 bits per heavy atom. The topological polar surface area (TPSA) is 46.2 Å². The van der Waals surface area contributed by atoms with Crippen molar-refractivity contribution in [2.75, 3.05) is 6.54 Å². The van der Waals surface area contributed by atoms with E-state index in [1.54, 1.807) is 0 Å². The molecule has 4 rings (SSSR count). The number of hydrogen-bond donors (Lipinski definition) is 1. The van der Waals surface area contributed by atoms with Crippen molar-refractivity contribution in [3.05, 3.63) is 75.9 Å². The molecule has 0 aromatic heterocycles. The highest BCUT2D eigenvalue weighted by molar-refractivity contribution is 5.98. The predicted octanol–water partition coefficient (Wildman–Crippen LogP) is 8.39. The minimum Gasteiger partial charge on any atom is -0.352 e. The van der Waals surface area contributed by atoms with Gasteiger partial charge < -0.3 is 5.32 Å². The highest BCUT2D eigenvalue weighted by Gasteiger charge is 2.23. The normalized spacial score (nSPS) is 18.3. The molecule has 2 aromatic rings. The van der Waals surface area contributed by atoms with Crippen molar-refractivity contribution in [2.45, 2.75) is 98.3 Å². The second-order valence-electron chi connectivity index (χ2n) is 12.6. The molecule has 1 N–H and O–H groups in total. The predicted molar refractivity (Wildman–Crippen MR) is 159 cm³/mol. The number of nitrogens with one attached hydrogen (secondary N) is 1. The van der Waals surface area contributed by atoms with Gasteiger partial charge in [0, 0.05) is 23.6 Å². The smallest absolute Gasteiger partial charge is 0.251 e. The van der Waals surface area contributed by atoms with Crippen LogP contribution in [-0.4, -0.2) is 18.2 Å². The summed E-state index contributed by atoms with van der Waals surface area (Å²) in [5, 5.41) is 3.16. The Hall–Kier alpha value is -2.68. The molecule has 0 aliphatic heterocycles. The van der Waals surface area contributed by atoms with E-state index in [-0.39, 0.29) is 23.0 Å². The summed E-state index contributed by atoms with van der Waals surface area (Å²) in [6.45, 7) is 9.19. The number of amides is 1. The Balaban J connectivity index is 1.14. The van der Waals surface area contributed by atoms with E-state index < -0.39 is 0 Å². The molecule has 2 aliphatic rings. The number of rotatable bonds is 10. The number of allylic oxidation sites excluding steroid dienone is 1. The van der Waals surface area contributed by atoms with Crippen LogP contribution >= 0.6 is 0 Å². The quantitative estimate of drug-likeness (QED) is 0.256. The van der Waals surface area contributed by atoms with E-state index in [0.29, 0.717) is 0 Å². The zero-order chi connectivity index (χ0) is 27.1. The molecule has 0 spiro atoms. The van der Waals surface area contributed by atoms with Crippen LogP contribution < -0.4 is 5.32 Å². The molecule has 0 bridgehead atoms. The van der Waals surface area contributed by atoms with Crippen LogP contribution in [0.3, 0.4) is 0 Å². The zero-order valence-corrected chi connectivity index (χ0v) is 24.1. The number of fused-ring (bicyclic) bond motifs is 2. The molecule has 1 atom stereocenters. The van der Waals surface area contributed by atoms with Gasteiger partial charge in [0.25, 0.3) is 5.91 Å². The lowest BCUT2D eigenvalue weighted by Crippen LogP contribution is -2.26. The molecule has 2 aliphatic carbocycles. The molecule has 0 fully saturated rings. The van der Waals surface area contributed by atoms with Gasteiger partial charge in [-0.1, -0.05) is 96.2 Å². The van der Waals surface area contributed by atoms with E-state index in [4.69, 9.17) is 0 Å². The van der Waals surface area contributed by atoms with Crippen molar-refractivity contribution in [1.82, 2.24) is 5.32 Å². The molecule has 3 heteroatoms. The Labute approximate surface area is 230 Å². The van der Waals surface area contributed by atoms with Gasteiger partial charge in [0.1, 0.15) is 0 Å². The number of unbranched alkanes of at least 4 members (excludes halogenated alkanes) is 3. The zero-order valence-electron chi connectivity index (χ0n) is 24.1. The molecule has 0 saturated heterocycles. The van der Waals surface area contributed by atoms with Gasteiger partial charge in [-0.05, 0) is 84.2 Å². The molecule has 38 heavy (non-hydrogen) atoms. The number of benzene rings is 2. The minimum absolute atomic E-state index is 0.0571. The van der Waals surface area contributed by atoms with Crippen LogP contribution in [0.15, 0.2) is 42.5 Å². The van der Waals surface area contributed by atoms with Gasteiger partial charge in [-0.3, -0.25) is 9.59 Å². The van der Waals surface area contributed by atoms with Gasteiger partial charge in [-0.25, -0.2) is 0 Å². The molecular weight excluding hydrogens is 466 g/mol. The van der Waals surface area contributed by atoms with Crippen LogP contribution in [-0.2, 0) is 19.3 Å². The summed E-state index contributed by atoms with van der Waals surface area (Å²) in [6.07, 6.45) is 17.4. The van der Waals surface area contributed by atoms with Gasteiger partial charge in [0.05, 0.1) is 0 Å². The largest absolute Gasteiger partial charge is 0.352 e. The van der Waals surface area contributed by atoms with Gasteiger partial charge >= 0.3 is 0 Å². The summed E-state index contributed by atoms with van der Waals surface area (Å²) in [7, 11) is 0. The third-order valence-electron chi connectivity index (χ3n) is 8.51. The van der Waals surface area contributed by atoms with Crippen molar-refractivity contribution in [3.63, 3.8) is 0 Å². The highest BCUT2D eigenvalue weighted by atomic mass is 16.1. The van der Waals surface area contributed by atoms with Crippen LogP contribution in [0, 0.1) is 17.3 Å². The van der Waals surface area contributed by atoms with Crippen LogP contribution in [0.25, 0.3) is 6.08 Å². The number of hydrogen-bond acceptors (Lipinski definition) is 2. The maximum absolute atomic E-state index is 12.8. The fourth-order valence-corrected chi connectivity index (χ4v) is 6.19. The molecule has 204 valence electrons. The number of Topliss-reactive ketones (excluding diaryl/α,β-unsaturated/α-hetero) is 1. The van der Waals surface area contributed by atoms with E-state index in [0.717, 1.165) is 54.8 Å². The second-order valence-corrected chi connectivity index (χ2v) is 12.6. The van der Waals surface area contributed by atoms with E-state index >= 15 is 0 Å². The average molecular weight is 514 g/mol. The molecular formula is C35H47NO2. The van der Waals surface area contributed by atoms with Crippen molar-refractivity contribution < 1.29 is 9.59 Å². The summed E-state index contributed by atoms with van der Waals surface area (Å²) >= 11 is 0. The van der Waals surface area contributed by atoms with Gasteiger partial charge in [-0.2, -0.15) is 0 Å². The number of carbonyl (C=O) groups is 2. The van der Waals surface area contributed by atoms with Crippen molar-refractivity contribution in [3.8, 4) is 0 Å². The summed E-state index contributed by atoms with van der Waals surface area (Å²) < 4.78 is 0. The SMILES string of the molecule is CC(C)C(=O)c1ccc2c(c1)CCCC(CCCCCCNC(=O)c1cccc3c1C=CC(C)(C)C3)CC2. The average Bonchev–Trinajstić information content (AvgIpc) is 2.87. The first kappa shape index (κ1) is 28.3. The summed E-state index contributed by atoms with van der Waals surface area (Å²) in [5.41, 5.74) is 7.06. The maximum Gasteiger partial charge on any atom is 0.251 e. The lowest BCUT2D eigenvalue weighted by Gasteiger charge is -2.27. The first-order chi connectivity index (χ1) is 18.2. The van der Waals surface area contributed by atoms with Crippen LogP contribution in [0.4, 0.5) is 0 Å². The standard InChI is InChI=1S/C35H47NO2/c1-25(2)33(37)29-19-18-27-17-16-26(12-9-13-28(27)23-29)11-7-5-6-8-22-36-34(38)32-15-10-14-30-24-35(3,4)21-20-31(30)32/h10,14-15,18-21,23,25-26H,5-9,11-13,16-17,22,24H2,1-4H3,(H,36,38). The van der Waals surface area contributed by atoms with Crippen LogP contribution in [0.1, 0.15) is 122 Å². The second kappa shape index (κ2) is 12.9. The third kappa shape index (κ3) is 7.46. The molecule has 1 amide bonds. The Kier molecular flexibility index (Phi) is 9.63. The number of ketones is 1. The van der Waals surface area contributed by atoms with E-state index in [1.807, 2.05) is 32.0 Å². The van der Waals surface area contributed by atoms with Crippen molar-refractivity contribution >= 4 is 17.8 Å². The first-order valence-corrected chi connectivity index (χ1v) is 15.0. The van der Waals surface area contributed by atoms with Crippen LogP contribution in [0.5, 0.6) is 0 Å². The van der Waals surface area contributed by atoms with Gasteiger partial charge in [0.2, 0.25) is 0 Å². The maximum atomic E-state index is 12.8. The lowest BCUT2D eigenvalue weighted by molar-refractivity contribution is 0.0935. The van der Waals surface area contributed by atoms with Crippen LogP contribution in [0.2, 0.25) is 0 Å².